The van der Waals surface area contributed by atoms with Crippen molar-refractivity contribution in [1.29, 1.82) is 0 Å². The first kappa shape index (κ1) is 15.1. The Balaban J connectivity index is 4.28. The lowest BCUT2D eigenvalue weighted by Crippen LogP contribution is -2.44. The third-order valence-electron chi connectivity index (χ3n) is 1.57. The van der Waals surface area contributed by atoms with E-state index in [9.17, 15) is 39.9 Å². The lowest BCUT2D eigenvalue weighted by Gasteiger charge is -2.18. The van der Waals surface area contributed by atoms with E-state index in [2.05, 4.69) is 0 Å². The molecular formula is C7H6F8O. The van der Waals surface area contributed by atoms with Gasteiger partial charge in [-0.1, -0.05) is 0 Å². The quantitative estimate of drug-likeness (QED) is 0.705. The summed E-state index contributed by atoms with van der Waals surface area (Å²) in [4.78, 5) is 10.4. The number of carbonyl (C=O) groups excluding carboxylic acids is 1. The second-order valence-corrected chi connectivity index (χ2v) is 2.96. The summed E-state index contributed by atoms with van der Waals surface area (Å²) in [6, 6.07) is 0. The number of hydrogen-bond donors (Lipinski definition) is 0. The highest BCUT2D eigenvalue weighted by Gasteiger charge is 2.62. The number of halogens is 8. The van der Waals surface area contributed by atoms with Crippen molar-refractivity contribution in [3.8, 4) is 0 Å². The minimum atomic E-state index is -6.07. The normalized spacial score (nSPS) is 14.0. The fourth-order valence-corrected chi connectivity index (χ4v) is 0.764. The Morgan fingerprint density at radius 1 is 0.875 bits per heavy atom. The van der Waals surface area contributed by atoms with Crippen LogP contribution in [0.4, 0.5) is 35.1 Å². The zero-order valence-corrected chi connectivity index (χ0v) is 7.55. The van der Waals surface area contributed by atoms with Crippen LogP contribution < -0.4 is 0 Å². The van der Waals surface area contributed by atoms with Crippen LogP contribution in [0.2, 0.25) is 0 Å². The lowest BCUT2D eigenvalue weighted by molar-refractivity contribution is -0.268. The summed E-state index contributed by atoms with van der Waals surface area (Å²) >= 11 is 0. The largest absolute Gasteiger partial charge is 0.461 e. The molecule has 0 N–H and O–H groups in total. The topological polar surface area (TPSA) is 17.1 Å². The molecule has 1 nitrogen and oxygen atoms in total. The third-order valence-corrected chi connectivity index (χ3v) is 1.57. The van der Waals surface area contributed by atoms with Crippen molar-refractivity contribution >= 4 is 5.78 Å². The SMILES string of the molecule is O=C(CCCC(F)(F)F)C(F)(F)C(F)(F)F. The van der Waals surface area contributed by atoms with Crippen LogP contribution in [-0.4, -0.2) is 24.1 Å². The molecule has 0 rings (SSSR count). The zero-order chi connectivity index (χ0) is 13.2. The average molecular weight is 258 g/mol. The minimum Gasteiger partial charge on any atom is -0.293 e. The number of hydrogen-bond acceptors (Lipinski definition) is 1. The highest BCUT2D eigenvalue weighted by atomic mass is 19.4. The third kappa shape index (κ3) is 4.31. The van der Waals surface area contributed by atoms with E-state index in [0.29, 0.717) is 0 Å². The molecule has 0 unspecified atom stereocenters. The van der Waals surface area contributed by atoms with Crippen LogP contribution in [0.15, 0.2) is 0 Å². The Morgan fingerprint density at radius 2 is 1.31 bits per heavy atom. The highest BCUT2D eigenvalue weighted by Crippen LogP contribution is 2.37. The van der Waals surface area contributed by atoms with Gasteiger partial charge in [-0.15, -0.1) is 0 Å². The molecule has 0 aliphatic rings. The highest BCUT2D eigenvalue weighted by molar-refractivity contribution is 5.86. The molecule has 0 saturated heterocycles. The van der Waals surface area contributed by atoms with Crippen molar-refractivity contribution in [3.05, 3.63) is 0 Å². The van der Waals surface area contributed by atoms with Gasteiger partial charge in [0.05, 0.1) is 0 Å². The molecule has 0 fully saturated rings. The number of Topliss-reactive ketones (excluding diaryl/α,β-unsaturated/α-hetero) is 1. The van der Waals surface area contributed by atoms with E-state index in [-0.39, 0.29) is 0 Å². The van der Waals surface area contributed by atoms with Gasteiger partial charge in [0.2, 0.25) is 5.78 Å². The van der Waals surface area contributed by atoms with Gasteiger partial charge in [0.1, 0.15) is 0 Å². The summed E-state index contributed by atoms with van der Waals surface area (Å²) in [6.45, 7) is 0. The number of rotatable bonds is 4. The fourth-order valence-electron chi connectivity index (χ4n) is 0.764. The van der Waals surface area contributed by atoms with Crippen LogP contribution in [0.25, 0.3) is 0 Å². The van der Waals surface area contributed by atoms with E-state index in [1.54, 1.807) is 0 Å². The first-order valence-electron chi connectivity index (χ1n) is 3.92. The van der Waals surface area contributed by atoms with Gasteiger partial charge < -0.3 is 0 Å². The second kappa shape index (κ2) is 4.54. The van der Waals surface area contributed by atoms with E-state index in [1.165, 1.54) is 0 Å². The van der Waals surface area contributed by atoms with Gasteiger partial charge >= 0.3 is 18.3 Å². The summed E-state index contributed by atoms with van der Waals surface area (Å²) < 4.78 is 93.6. The summed E-state index contributed by atoms with van der Waals surface area (Å²) in [5, 5.41) is 0. The van der Waals surface area contributed by atoms with Crippen LogP contribution in [0.1, 0.15) is 19.3 Å². The Kier molecular flexibility index (Phi) is 4.29. The number of ketones is 1. The molecular weight excluding hydrogens is 252 g/mol. The van der Waals surface area contributed by atoms with Gasteiger partial charge in [0.15, 0.2) is 0 Å². The molecule has 0 aliphatic heterocycles. The van der Waals surface area contributed by atoms with Crippen molar-refractivity contribution in [1.82, 2.24) is 0 Å². The molecule has 96 valence electrons. The predicted octanol–water partition coefficient (Wildman–Crippen LogP) is 3.49. The summed E-state index contributed by atoms with van der Waals surface area (Å²) in [5.41, 5.74) is 0. The average Bonchev–Trinajstić information content (AvgIpc) is 1.99. The van der Waals surface area contributed by atoms with Crippen LogP contribution in [-0.2, 0) is 4.79 Å². The molecule has 9 heteroatoms. The summed E-state index contributed by atoms with van der Waals surface area (Å²) in [6.07, 6.45) is -14.9. The standard InChI is InChI=1S/C7H6F8O/c8-5(9,10)3-1-2-4(16)6(11,12)7(13,14)15/h1-3H2. The molecule has 16 heavy (non-hydrogen) atoms. The van der Waals surface area contributed by atoms with Crippen LogP contribution in [0, 0.1) is 0 Å². The van der Waals surface area contributed by atoms with Crippen molar-refractivity contribution in [2.45, 2.75) is 37.5 Å². The molecule has 0 atom stereocenters. The van der Waals surface area contributed by atoms with Crippen molar-refractivity contribution in [2.75, 3.05) is 0 Å². The Bertz CT molecular complexity index is 250. The Morgan fingerprint density at radius 3 is 1.62 bits per heavy atom. The summed E-state index contributed by atoms with van der Waals surface area (Å²) in [5.74, 6) is -8.14. The van der Waals surface area contributed by atoms with Crippen molar-refractivity contribution in [3.63, 3.8) is 0 Å². The number of carbonyl (C=O) groups is 1. The predicted molar refractivity (Wildman–Crippen MR) is 35.9 cm³/mol. The molecule has 0 bridgehead atoms. The van der Waals surface area contributed by atoms with E-state index in [0.717, 1.165) is 0 Å². The van der Waals surface area contributed by atoms with Gasteiger partial charge in [-0.25, -0.2) is 0 Å². The van der Waals surface area contributed by atoms with Crippen LogP contribution in [0.5, 0.6) is 0 Å². The maximum absolute atomic E-state index is 12.2. The fraction of sp³-hybridized carbons (Fsp3) is 0.857. The first-order valence-corrected chi connectivity index (χ1v) is 3.92. The van der Waals surface area contributed by atoms with Gasteiger partial charge in [-0.2, -0.15) is 35.1 Å². The smallest absolute Gasteiger partial charge is 0.293 e. The van der Waals surface area contributed by atoms with E-state index < -0.39 is 43.3 Å². The molecule has 0 aromatic carbocycles. The van der Waals surface area contributed by atoms with E-state index in [4.69, 9.17) is 0 Å². The van der Waals surface area contributed by atoms with Gasteiger partial charge in [0, 0.05) is 12.8 Å². The number of alkyl halides is 8. The lowest BCUT2D eigenvalue weighted by atomic mass is 10.1. The molecule has 0 saturated carbocycles. The molecule has 0 aromatic heterocycles. The molecule has 0 aliphatic carbocycles. The van der Waals surface area contributed by atoms with Gasteiger partial charge in [-0.05, 0) is 6.42 Å². The minimum absolute atomic E-state index is 1.09. The molecule has 0 aromatic rings. The maximum atomic E-state index is 12.2. The van der Waals surface area contributed by atoms with E-state index in [1.807, 2.05) is 0 Å². The molecule has 0 radical (unpaired) electrons. The van der Waals surface area contributed by atoms with Gasteiger partial charge in [-0.3, -0.25) is 4.79 Å². The van der Waals surface area contributed by atoms with Crippen LogP contribution in [0.3, 0.4) is 0 Å². The Hall–Kier alpha value is -0.890. The molecule has 0 heterocycles. The molecule has 0 spiro atoms. The maximum Gasteiger partial charge on any atom is 0.461 e. The second-order valence-electron chi connectivity index (χ2n) is 2.96. The monoisotopic (exact) mass is 258 g/mol. The van der Waals surface area contributed by atoms with Gasteiger partial charge in [0.25, 0.3) is 0 Å². The molecule has 0 amide bonds. The van der Waals surface area contributed by atoms with Crippen molar-refractivity contribution in [2.24, 2.45) is 0 Å². The van der Waals surface area contributed by atoms with Crippen molar-refractivity contribution < 1.29 is 39.9 Å². The first-order chi connectivity index (χ1) is 6.88. The zero-order valence-electron chi connectivity index (χ0n) is 7.55. The van der Waals surface area contributed by atoms with E-state index >= 15 is 0 Å². The Labute approximate surface area is 84.4 Å². The summed E-state index contributed by atoms with van der Waals surface area (Å²) in [7, 11) is 0. The van der Waals surface area contributed by atoms with Crippen LogP contribution >= 0.6 is 0 Å².